The van der Waals surface area contributed by atoms with E-state index in [1.165, 1.54) is 111 Å². The predicted molar refractivity (Wildman–Crippen MR) is 345 cm³/mol. The largest absolute Gasteiger partial charge is 0.311 e. The Balaban J connectivity index is 1.07. The van der Waals surface area contributed by atoms with E-state index in [4.69, 9.17) is 0 Å². The Morgan fingerprint density at radius 3 is 1.50 bits per heavy atom. The van der Waals surface area contributed by atoms with Crippen LogP contribution in [0.5, 0.6) is 0 Å². The average Bonchev–Trinajstić information content (AvgIpc) is 1.98. The van der Waals surface area contributed by atoms with Gasteiger partial charge < -0.3 is 19.3 Å². The van der Waals surface area contributed by atoms with Crippen LogP contribution in [0.2, 0.25) is 0 Å². The van der Waals surface area contributed by atoms with Gasteiger partial charge in [-0.25, -0.2) is 0 Å². The molecule has 0 unspecified atom stereocenters. The van der Waals surface area contributed by atoms with Crippen molar-refractivity contribution in [2.45, 2.75) is 99.3 Å². The molecule has 394 valence electrons. The van der Waals surface area contributed by atoms with Gasteiger partial charge in [-0.3, -0.25) is 0 Å². The van der Waals surface area contributed by atoms with Gasteiger partial charge in [0.2, 0.25) is 0 Å². The number of fused-ring (bicyclic) bond motifs is 7. The van der Waals surface area contributed by atoms with Crippen LogP contribution in [0, 0.1) is 20.8 Å². The number of nitrogens with zero attached hydrogens (tertiary/aromatic N) is 4. The van der Waals surface area contributed by atoms with Crippen LogP contribution in [-0.2, 0) is 16.2 Å². The van der Waals surface area contributed by atoms with Crippen molar-refractivity contribution < 1.29 is 0 Å². The van der Waals surface area contributed by atoms with Gasteiger partial charge in [-0.05, 0) is 195 Å². The molecule has 0 fully saturated rings. The maximum atomic E-state index is 2.63. The second-order valence-electron chi connectivity index (χ2n) is 25.7. The third kappa shape index (κ3) is 8.52. The van der Waals surface area contributed by atoms with Crippen LogP contribution in [-0.4, -0.2) is 11.3 Å². The van der Waals surface area contributed by atoms with E-state index < -0.39 is 0 Å². The number of rotatable bonds is 7. The summed E-state index contributed by atoms with van der Waals surface area (Å²) in [5.41, 5.74) is 28.0. The lowest BCUT2D eigenvalue weighted by atomic mass is 9.33. The van der Waals surface area contributed by atoms with Crippen molar-refractivity contribution in [3.63, 3.8) is 0 Å². The maximum absolute atomic E-state index is 2.63. The lowest BCUT2D eigenvalue weighted by molar-refractivity contribution is 0.590. The van der Waals surface area contributed by atoms with Gasteiger partial charge in [0.05, 0.1) is 16.7 Å². The number of hydrogen-bond acceptors (Lipinski definition) is 3. The highest BCUT2D eigenvalue weighted by Gasteiger charge is 2.45. The van der Waals surface area contributed by atoms with Crippen molar-refractivity contribution in [3.05, 3.63) is 246 Å². The Morgan fingerprint density at radius 2 is 0.863 bits per heavy atom. The molecule has 4 nitrogen and oxygen atoms in total. The zero-order valence-corrected chi connectivity index (χ0v) is 48.6. The number of anilines is 9. The molecule has 1 aromatic heterocycles. The summed E-state index contributed by atoms with van der Waals surface area (Å²) >= 11 is 0. The minimum absolute atomic E-state index is 0.000641. The molecule has 0 aliphatic carbocycles. The van der Waals surface area contributed by atoms with Gasteiger partial charge >= 0.3 is 0 Å². The van der Waals surface area contributed by atoms with E-state index in [9.17, 15) is 0 Å². The second kappa shape index (κ2) is 18.8. The van der Waals surface area contributed by atoms with Crippen molar-refractivity contribution >= 4 is 96.1 Å². The summed E-state index contributed by atoms with van der Waals surface area (Å²) in [7, 11) is 0. The molecule has 0 bridgehead atoms. The first kappa shape index (κ1) is 50.9. The van der Waals surface area contributed by atoms with E-state index >= 15 is 0 Å². The molecule has 3 heterocycles. The minimum atomic E-state index is -0.0671. The summed E-state index contributed by atoms with van der Waals surface area (Å²) in [6.45, 7) is 27.7. The topological polar surface area (TPSA) is 14.7 Å². The van der Waals surface area contributed by atoms with E-state index in [-0.39, 0.29) is 23.0 Å². The Morgan fingerprint density at radius 1 is 0.362 bits per heavy atom. The smallest absolute Gasteiger partial charge is 0.252 e. The van der Waals surface area contributed by atoms with Gasteiger partial charge in [-0.15, -0.1) is 0 Å². The van der Waals surface area contributed by atoms with Crippen LogP contribution < -0.4 is 31.1 Å². The second-order valence-corrected chi connectivity index (χ2v) is 25.7. The van der Waals surface area contributed by atoms with Crippen molar-refractivity contribution in [1.82, 2.24) is 4.57 Å². The first-order valence-electron chi connectivity index (χ1n) is 28.6. The third-order valence-corrected chi connectivity index (χ3v) is 17.1. The van der Waals surface area contributed by atoms with Crippen LogP contribution in [0.1, 0.15) is 95.7 Å². The van der Waals surface area contributed by atoms with E-state index in [2.05, 4.69) is 315 Å². The fraction of sp³-hybridized carbons (Fsp3) is 0.200. The fourth-order valence-electron chi connectivity index (χ4n) is 13.0. The molecule has 5 heteroatoms. The maximum Gasteiger partial charge on any atom is 0.252 e. The van der Waals surface area contributed by atoms with Gasteiger partial charge in [0.1, 0.15) is 0 Å². The molecule has 0 atom stereocenters. The summed E-state index contributed by atoms with van der Waals surface area (Å²) in [5.74, 6) is 0. The van der Waals surface area contributed by atoms with Gasteiger partial charge in [-0.2, -0.15) is 0 Å². The van der Waals surface area contributed by atoms with Gasteiger partial charge in [0, 0.05) is 62.0 Å². The van der Waals surface area contributed by atoms with Crippen molar-refractivity contribution in [2.24, 2.45) is 0 Å². The van der Waals surface area contributed by atoms with E-state index in [1.807, 2.05) is 0 Å². The SMILES string of the molecule is Cc1cc2c3c(c1)N(c1c(C)cc(-c4ccccc4)cc1C)c1cc(C(C)(C)C)ccc1B3c1ccc(N(c3ccc(C(C)(C)C)cc3)c3ccc4c5ccccc5n(-c5ccccc5)c4c3)cc1N2c1ccc(C(C)(C)C)cc1. The standard InChI is InChI=1S/C75H71BN4/c1-48-41-69-71-70(42-48)80(72-49(2)43-52(44-50(72)3)51-21-15-13-16-22-51)67-45-55(75(10,11)12)31-39-63(67)76(71)64-40-37-60(47-68(64)79(69)58-34-29-54(30-35-58)74(7,8)9)77(57-32-27-53(28-33-57)73(4,5)6)59-36-38-62-61-25-19-20-26-65(61)78(66(62)46-59)56-23-17-14-18-24-56/h13-47H,1-12H3. The van der Waals surface area contributed by atoms with Crippen LogP contribution >= 0.6 is 0 Å². The Labute approximate surface area is 474 Å². The van der Waals surface area contributed by atoms with E-state index in [1.54, 1.807) is 0 Å². The first-order chi connectivity index (χ1) is 38.3. The number of para-hydroxylation sites is 2. The van der Waals surface area contributed by atoms with Gasteiger partial charge in [0.25, 0.3) is 6.71 Å². The van der Waals surface area contributed by atoms with Crippen molar-refractivity contribution in [2.75, 3.05) is 14.7 Å². The number of hydrogen-bond donors (Lipinski definition) is 0. The average molecular weight is 1040 g/mol. The predicted octanol–water partition coefficient (Wildman–Crippen LogP) is 18.8. The Kier molecular flexibility index (Phi) is 12.0. The monoisotopic (exact) mass is 1040 g/mol. The van der Waals surface area contributed by atoms with E-state index in [0.717, 1.165) is 28.4 Å². The minimum Gasteiger partial charge on any atom is -0.311 e. The lowest BCUT2D eigenvalue weighted by Crippen LogP contribution is -2.61. The zero-order chi connectivity index (χ0) is 55.6. The van der Waals surface area contributed by atoms with E-state index in [0.29, 0.717) is 0 Å². The van der Waals surface area contributed by atoms with Crippen LogP contribution in [0.15, 0.2) is 212 Å². The van der Waals surface area contributed by atoms with Crippen LogP contribution in [0.4, 0.5) is 51.2 Å². The Hall–Kier alpha value is -8.54. The molecular weight excluding hydrogens is 968 g/mol. The highest BCUT2D eigenvalue weighted by Crippen LogP contribution is 2.49. The summed E-state index contributed by atoms with van der Waals surface area (Å²) in [6.07, 6.45) is 0. The zero-order valence-electron chi connectivity index (χ0n) is 48.6. The molecule has 0 saturated carbocycles. The number of aromatic nitrogens is 1. The summed E-state index contributed by atoms with van der Waals surface area (Å²) in [5, 5.41) is 2.47. The van der Waals surface area contributed by atoms with Gasteiger partial charge in [0.15, 0.2) is 0 Å². The molecule has 0 radical (unpaired) electrons. The highest BCUT2D eigenvalue weighted by atomic mass is 15.2. The summed E-state index contributed by atoms with van der Waals surface area (Å²) in [6, 6.07) is 80.5. The summed E-state index contributed by atoms with van der Waals surface area (Å²) < 4.78 is 2.43. The molecule has 10 aromatic carbocycles. The molecule has 2 aliphatic rings. The van der Waals surface area contributed by atoms with Crippen molar-refractivity contribution in [3.8, 4) is 16.8 Å². The molecule has 0 saturated heterocycles. The quantitative estimate of drug-likeness (QED) is 0.148. The number of aryl methyl sites for hydroxylation is 3. The first-order valence-corrected chi connectivity index (χ1v) is 28.6. The molecule has 0 N–H and O–H groups in total. The number of benzene rings is 10. The van der Waals surface area contributed by atoms with Gasteiger partial charge in [-0.1, -0.05) is 178 Å². The molecule has 0 amide bonds. The van der Waals surface area contributed by atoms with Crippen LogP contribution in [0.3, 0.4) is 0 Å². The molecule has 2 aliphatic heterocycles. The fourth-order valence-corrected chi connectivity index (χ4v) is 13.0. The lowest BCUT2D eigenvalue weighted by Gasteiger charge is -2.45. The summed E-state index contributed by atoms with van der Waals surface area (Å²) in [4.78, 5) is 7.68. The molecule has 80 heavy (non-hydrogen) atoms. The molecule has 13 rings (SSSR count). The normalized spacial score (nSPS) is 13.2. The third-order valence-electron chi connectivity index (χ3n) is 17.1. The Bertz CT molecular complexity index is 4180. The highest BCUT2D eigenvalue weighted by molar-refractivity contribution is 7.00. The van der Waals surface area contributed by atoms with Crippen molar-refractivity contribution in [1.29, 1.82) is 0 Å². The molecule has 0 spiro atoms. The molecule has 11 aromatic rings. The molecular formula is C75H71BN4. The van der Waals surface area contributed by atoms with Crippen LogP contribution in [0.25, 0.3) is 38.6 Å².